The number of rotatable bonds is 4. The average Bonchev–Trinajstić information content (AvgIpc) is 2.75. The van der Waals surface area contributed by atoms with Crippen LogP contribution in [0.3, 0.4) is 0 Å². The van der Waals surface area contributed by atoms with Gasteiger partial charge in [0.1, 0.15) is 17.2 Å². The number of amides is 1. The lowest BCUT2D eigenvalue weighted by molar-refractivity contribution is -0.137. The molecule has 0 saturated heterocycles. The molecule has 5 nitrogen and oxygen atoms in total. The van der Waals surface area contributed by atoms with Crippen molar-refractivity contribution >= 4 is 23.3 Å². The molecule has 28 heavy (non-hydrogen) atoms. The molecule has 1 aliphatic carbocycles. The second kappa shape index (κ2) is 8.48. The van der Waals surface area contributed by atoms with Gasteiger partial charge >= 0.3 is 0 Å². The summed E-state index contributed by atoms with van der Waals surface area (Å²) in [5, 5.41) is 4.09. The van der Waals surface area contributed by atoms with Crippen LogP contribution in [-0.4, -0.2) is 33.4 Å². The molecule has 6 heteroatoms. The fourth-order valence-electron chi connectivity index (χ4n) is 4.37. The van der Waals surface area contributed by atoms with Crippen molar-refractivity contribution in [3.05, 3.63) is 52.4 Å². The normalized spacial score (nSPS) is 21.9. The summed E-state index contributed by atoms with van der Waals surface area (Å²) < 4.78 is 0. The van der Waals surface area contributed by atoms with Gasteiger partial charge in [0.2, 0.25) is 5.91 Å². The Balaban J connectivity index is 1.33. The first kappa shape index (κ1) is 19.2. The van der Waals surface area contributed by atoms with Crippen molar-refractivity contribution in [2.75, 3.05) is 11.9 Å². The number of benzene rings is 1. The maximum atomic E-state index is 13.0. The maximum Gasteiger partial charge on any atom is 0.225 e. The van der Waals surface area contributed by atoms with E-state index in [0.717, 1.165) is 63.1 Å². The van der Waals surface area contributed by atoms with E-state index in [-0.39, 0.29) is 5.92 Å². The molecule has 0 bridgehead atoms. The zero-order chi connectivity index (χ0) is 19.5. The molecule has 4 rings (SSSR count). The van der Waals surface area contributed by atoms with Gasteiger partial charge in [0.05, 0.1) is 5.69 Å². The lowest BCUT2D eigenvalue weighted by Crippen LogP contribution is -2.41. The number of halogens is 1. The van der Waals surface area contributed by atoms with Gasteiger partial charge in [-0.1, -0.05) is 42.8 Å². The second-order valence-corrected chi connectivity index (χ2v) is 8.19. The van der Waals surface area contributed by atoms with E-state index >= 15 is 0 Å². The van der Waals surface area contributed by atoms with E-state index in [9.17, 15) is 4.79 Å². The molecule has 1 aliphatic heterocycles. The first-order valence-corrected chi connectivity index (χ1v) is 10.6. The number of carbonyl (C=O) groups is 1. The van der Waals surface area contributed by atoms with Crippen LogP contribution >= 0.6 is 11.6 Å². The van der Waals surface area contributed by atoms with Crippen LogP contribution in [0.25, 0.3) is 0 Å². The number of anilines is 1. The van der Waals surface area contributed by atoms with Gasteiger partial charge in [-0.2, -0.15) is 0 Å². The highest BCUT2D eigenvalue weighted by molar-refractivity contribution is 6.33. The van der Waals surface area contributed by atoms with Crippen LogP contribution in [0.4, 0.5) is 5.82 Å². The van der Waals surface area contributed by atoms with E-state index in [2.05, 4.69) is 44.5 Å². The maximum absolute atomic E-state index is 13.0. The van der Waals surface area contributed by atoms with Crippen LogP contribution in [0.5, 0.6) is 0 Å². The van der Waals surface area contributed by atoms with Crippen LogP contribution in [0.1, 0.15) is 49.4 Å². The van der Waals surface area contributed by atoms with E-state index in [0.29, 0.717) is 17.0 Å². The summed E-state index contributed by atoms with van der Waals surface area (Å²) in [5.41, 5.74) is 3.55. The molecule has 1 aromatic heterocycles. The highest BCUT2D eigenvalue weighted by Gasteiger charge is 2.31. The minimum atomic E-state index is 0.135. The zero-order valence-electron chi connectivity index (χ0n) is 16.3. The number of hydrogen-bond acceptors (Lipinski definition) is 4. The minimum absolute atomic E-state index is 0.135. The molecule has 1 N–H and O–H groups in total. The number of aryl methyl sites for hydroxylation is 1. The predicted molar refractivity (Wildman–Crippen MR) is 111 cm³/mol. The van der Waals surface area contributed by atoms with E-state index < -0.39 is 0 Å². The number of aromatic nitrogens is 2. The third-order valence-electron chi connectivity index (χ3n) is 6.06. The summed E-state index contributed by atoms with van der Waals surface area (Å²) in [7, 11) is 0. The fourth-order valence-corrected chi connectivity index (χ4v) is 4.66. The number of carbonyl (C=O) groups excluding carboxylic acids is 1. The Morgan fingerprint density at radius 3 is 2.68 bits per heavy atom. The van der Waals surface area contributed by atoms with Crippen molar-refractivity contribution in [3.63, 3.8) is 0 Å². The Hall–Kier alpha value is -2.14. The molecule has 1 amide bonds. The van der Waals surface area contributed by atoms with Crippen LogP contribution < -0.4 is 5.32 Å². The lowest BCUT2D eigenvalue weighted by atomic mass is 9.84. The Morgan fingerprint density at radius 2 is 1.93 bits per heavy atom. The molecule has 0 unspecified atom stereocenters. The second-order valence-electron chi connectivity index (χ2n) is 7.81. The molecule has 148 valence electrons. The molecule has 0 spiro atoms. The van der Waals surface area contributed by atoms with E-state index in [1.54, 1.807) is 6.33 Å². The monoisotopic (exact) mass is 398 g/mol. The molecule has 0 radical (unpaired) electrons. The largest absolute Gasteiger partial charge is 0.366 e. The summed E-state index contributed by atoms with van der Waals surface area (Å²) in [6.45, 7) is 3.63. The van der Waals surface area contributed by atoms with Crippen molar-refractivity contribution < 1.29 is 4.79 Å². The van der Waals surface area contributed by atoms with Crippen LogP contribution in [-0.2, 0) is 24.2 Å². The van der Waals surface area contributed by atoms with Gasteiger partial charge in [-0.15, -0.1) is 0 Å². The summed E-state index contributed by atoms with van der Waals surface area (Å²) in [4.78, 5) is 23.6. The molecule has 2 aliphatic rings. The first-order chi connectivity index (χ1) is 13.7. The standard InChI is InChI=1S/C22H27ClN4O/c1-2-19-20(23)21(25-14-24-19)26-18-9-7-16(8-10-18)22(28)27-12-11-15-5-3-4-6-17(15)13-27/h3-6,14,16,18H,2,7-13H2,1H3,(H,24,25,26)/t16-,18+. The van der Waals surface area contributed by atoms with E-state index in [1.807, 2.05) is 6.92 Å². The highest BCUT2D eigenvalue weighted by Crippen LogP contribution is 2.31. The fraction of sp³-hybridized carbons (Fsp3) is 0.500. The van der Waals surface area contributed by atoms with Crippen molar-refractivity contribution in [1.29, 1.82) is 0 Å². The number of hydrogen-bond donors (Lipinski definition) is 1. The number of fused-ring (bicyclic) bond motifs is 1. The molecule has 1 saturated carbocycles. The molecule has 1 aromatic carbocycles. The van der Waals surface area contributed by atoms with Crippen molar-refractivity contribution in [2.45, 2.75) is 58.0 Å². The third kappa shape index (κ3) is 4.00. The zero-order valence-corrected chi connectivity index (χ0v) is 17.1. The third-order valence-corrected chi connectivity index (χ3v) is 6.45. The van der Waals surface area contributed by atoms with Crippen LogP contribution in [0, 0.1) is 5.92 Å². The minimum Gasteiger partial charge on any atom is -0.366 e. The Morgan fingerprint density at radius 1 is 1.18 bits per heavy atom. The van der Waals surface area contributed by atoms with Crippen molar-refractivity contribution in [3.8, 4) is 0 Å². The van der Waals surface area contributed by atoms with Crippen molar-refractivity contribution in [1.82, 2.24) is 14.9 Å². The van der Waals surface area contributed by atoms with E-state index in [1.165, 1.54) is 11.1 Å². The topological polar surface area (TPSA) is 58.1 Å². The SMILES string of the molecule is CCc1ncnc(N[C@H]2CC[C@@H](C(=O)N3CCc4ccccc4C3)CC2)c1Cl. The quantitative estimate of drug-likeness (QED) is 0.836. The summed E-state index contributed by atoms with van der Waals surface area (Å²) >= 11 is 6.40. The molecule has 0 atom stereocenters. The molecule has 1 fully saturated rings. The Labute approximate surface area is 171 Å². The Bertz CT molecular complexity index is 848. The Kier molecular flexibility index (Phi) is 5.81. The van der Waals surface area contributed by atoms with Gasteiger partial charge in [-0.25, -0.2) is 9.97 Å². The number of nitrogens with zero attached hydrogens (tertiary/aromatic N) is 3. The lowest BCUT2D eigenvalue weighted by Gasteiger charge is -2.35. The van der Waals surface area contributed by atoms with Crippen LogP contribution in [0.2, 0.25) is 5.02 Å². The van der Waals surface area contributed by atoms with E-state index in [4.69, 9.17) is 11.6 Å². The molecular formula is C22H27ClN4O. The van der Waals surface area contributed by atoms with Gasteiger partial charge in [-0.05, 0) is 49.7 Å². The van der Waals surface area contributed by atoms with Gasteiger partial charge in [0.25, 0.3) is 0 Å². The summed E-state index contributed by atoms with van der Waals surface area (Å²) in [6.07, 6.45) is 7.07. The first-order valence-electron chi connectivity index (χ1n) is 10.3. The van der Waals surface area contributed by atoms with Gasteiger partial charge in [0, 0.05) is 25.0 Å². The molecular weight excluding hydrogens is 372 g/mol. The summed E-state index contributed by atoms with van der Waals surface area (Å²) in [5.74, 6) is 1.17. The van der Waals surface area contributed by atoms with Crippen LogP contribution in [0.15, 0.2) is 30.6 Å². The molecule has 2 heterocycles. The van der Waals surface area contributed by atoms with Gasteiger partial charge in [0.15, 0.2) is 0 Å². The van der Waals surface area contributed by atoms with Gasteiger partial charge in [-0.3, -0.25) is 4.79 Å². The predicted octanol–water partition coefficient (Wildman–Crippen LogP) is 4.25. The smallest absolute Gasteiger partial charge is 0.225 e. The average molecular weight is 399 g/mol. The van der Waals surface area contributed by atoms with Gasteiger partial charge < -0.3 is 10.2 Å². The number of nitrogens with one attached hydrogen (secondary N) is 1. The van der Waals surface area contributed by atoms with Crippen molar-refractivity contribution in [2.24, 2.45) is 5.92 Å². The highest BCUT2D eigenvalue weighted by atomic mass is 35.5. The molecule has 2 aromatic rings. The summed E-state index contributed by atoms with van der Waals surface area (Å²) in [6, 6.07) is 8.77.